The molecule has 0 saturated carbocycles. The van der Waals surface area contributed by atoms with Gasteiger partial charge >= 0.3 is 0 Å². The molecule has 3 heteroatoms. The minimum Gasteiger partial charge on any atom is -0.0651 e. The summed E-state index contributed by atoms with van der Waals surface area (Å²) in [4.78, 5) is 0. The van der Waals surface area contributed by atoms with Gasteiger partial charge in [-0.1, -0.05) is 173 Å². The maximum atomic E-state index is 2.53. The van der Waals surface area contributed by atoms with Crippen LogP contribution in [0.5, 0.6) is 0 Å². The molecule has 0 heterocycles. The molecular formula is C36H45P3. The van der Waals surface area contributed by atoms with E-state index in [9.17, 15) is 0 Å². The highest BCUT2D eigenvalue weighted by Crippen LogP contribution is 2.61. The van der Waals surface area contributed by atoms with Gasteiger partial charge in [0.25, 0.3) is 0 Å². The van der Waals surface area contributed by atoms with Gasteiger partial charge in [0, 0.05) is 6.55 Å². The zero-order valence-electron chi connectivity index (χ0n) is 25.2. The molecule has 39 heavy (non-hydrogen) atoms. The highest BCUT2D eigenvalue weighted by molar-refractivity contribution is 8.40. The second-order valence-electron chi connectivity index (χ2n) is 13.6. The van der Waals surface area contributed by atoms with Crippen LogP contribution in [0, 0.1) is 0 Å². The SMILES string of the molecule is CC(C)(C)c1cc(C(C)(C)C)c(PP=P(c2ccccc2)(c2ccccc2)c2ccccc2)c(C(C)(C)C)c1. The van der Waals surface area contributed by atoms with Crippen molar-refractivity contribution in [3.05, 3.63) is 120 Å². The van der Waals surface area contributed by atoms with Gasteiger partial charge in [-0.05, 0) is 62.4 Å². The molecule has 0 aromatic heterocycles. The van der Waals surface area contributed by atoms with Crippen molar-refractivity contribution in [2.24, 2.45) is 0 Å². The average molecular weight is 571 g/mol. The van der Waals surface area contributed by atoms with Crippen molar-refractivity contribution in [1.82, 2.24) is 0 Å². The van der Waals surface area contributed by atoms with Crippen LogP contribution in [0.2, 0.25) is 0 Å². The van der Waals surface area contributed by atoms with E-state index in [0.717, 1.165) is 0 Å². The van der Waals surface area contributed by atoms with Crippen LogP contribution in [0.4, 0.5) is 0 Å². The molecule has 0 bridgehead atoms. The van der Waals surface area contributed by atoms with Crippen molar-refractivity contribution >= 4 is 43.6 Å². The smallest absolute Gasteiger partial charge is 0.00331 e. The lowest BCUT2D eigenvalue weighted by Gasteiger charge is -2.34. The average Bonchev–Trinajstić information content (AvgIpc) is 2.89. The second-order valence-corrected chi connectivity index (χ2v) is 22.2. The zero-order valence-corrected chi connectivity index (χ0v) is 28.0. The normalized spacial score (nSPS) is 13.4. The molecular weight excluding hydrogens is 525 g/mol. The Morgan fingerprint density at radius 3 is 1.10 bits per heavy atom. The molecule has 0 aliphatic carbocycles. The third-order valence-electron chi connectivity index (χ3n) is 7.32. The Bertz CT molecular complexity index is 1310. The fourth-order valence-corrected chi connectivity index (χ4v) is 18.6. The lowest BCUT2D eigenvalue weighted by molar-refractivity contribution is 0.554. The van der Waals surface area contributed by atoms with Gasteiger partial charge < -0.3 is 0 Å². The third-order valence-corrected chi connectivity index (χ3v) is 19.2. The van der Waals surface area contributed by atoms with Crippen LogP contribution in [-0.2, 0) is 16.2 Å². The van der Waals surface area contributed by atoms with Gasteiger partial charge in [0.05, 0.1) is 0 Å². The topological polar surface area (TPSA) is 0 Å². The first-order valence-electron chi connectivity index (χ1n) is 14.0. The van der Waals surface area contributed by atoms with E-state index in [4.69, 9.17) is 0 Å². The molecule has 4 rings (SSSR count). The molecule has 4 aromatic carbocycles. The molecule has 4 aromatic rings. The Balaban J connectivity index is 2.11. The number of rotatable bonds is 5. The molecule has 0 fully saturated rings. The number of benzene rings is 4. The molecule has 0 saturated heterocycles. The van der Waals surface area contributed by atoms with Crippen molar-refractivity contribution in [3.63, 3.8) is 0 Å². The summed E-state index contributed by atoms with van der Waals surface area (Å²) in [5, 5.41) is 5.93. The van der Waals surface area contributed by atoms with Gasteiger partial charge in [-0.25, -0.2) is 0 Å². The van der Waals surface area contributed by atoms with Gasteiger partial charge in [0.2, 0.25) is 0 Å². The highest BCUT2D eigenvalue weighted by Gasteiger charge is 2.31. The molecule has 0 aliphatic rings. The van der Waals surface area contributed by atoms with E-state index in [1.165, 1.54) is 40.2 Å². The summed E-state index contributed by atoms with van der Waals surface area (Å²) >= 11 is 0. The summed E-state index contributed by atoms with van der Waals surface area (Å²) in [7, 11) is 2.16. The van der Waals surface area contributed by atoms with E-state index < -0.39 is 6.55 Å². The Kier molecular flexibility index (Phi) is 8.85. The number of hydrogen-bond donors (Lipinski definition) is 0. The molecule has 1 atom stereocenters. The summed E-state index contributed by atoms with van der Waals surface area (Å²) in [6.07, 6.45) is 0. The van der Waals surface area contributed by atoms with E-state index >= 15 is 0 Å². The highest BCUT2D eigenvalue weighted by atomic mass is 32.2. The summed E-state index contributed by atoms with van der Waals surface area (Å²) in [6, 6.07) is 39.0. The fraction of sp³-hybridized carbons (Fsp3) is 0.333. The predicted molar refractivity (Wildman–Crippen MR) is 183 cm³/mol. The predicted octanol–water partition coefficient (Wildman–Crippen LogP) is 9.65. The van der Waals surface area contributed by atoms with Gasteiger partial charge in [-0.2, -0.15) is 0 Å². The van der Waals surface area contributed by atoms with Crippen molar-refractivity contribution in [3.8, 4) is 0 Å². The quantitative estimate of drug-likeness (QED) is 0.210. The monoisotopic (exact) mass is 570 g/mol. The van der Waals surface area contributed by atoms with Crippen LogP contribution in [0.1, 0.15) is 79.0 Å². The van der Waals surface area contributed by atoms with Crippen LogP contribution < -0.4 is 21.2 Å². The van der Waals surface area contributed by atoms with Crippen molar-refractivity contribution in [2.75, 3.05) is 0 Å². The Labute approximate surface area is 241 Å². The van der Waals surface area contributed by atoms with E-state index in [0.29, 0.717) is 8.27 Å². The Morgan fingerprint density at radius 2 is 0.821 bits per heavy atom. The minimum absolute atomic E-state index is 0.0620. The third kappa shape index (κ3) is 6.52. The van der Waals surface area contributed by atoms with Gasteiger partial charge in [-0.3, -0.25) is 0 Å². The zero-order chi connectivity index (χ0) is 28.5. The second kappa shape index (κ2) is 11.5. The first-order valence-corrected chi connectivity index (χ1v) is 19.2. The lowest BCUT2D eigenvalue weighted by Crippen LogP contribution is -2.30. The Morgan fingerprint density at radius 1 is 0.487 bits per heavy atom. The van der Waals surface area contributed by atoms with E-state index in [-0.39, 0.29) is 16.2 Å². The molecule has 0 N–H and O–H groups in total. The lowest BCUT2D eigenvalue weighted by atomic mass is 9.75. The first kappa shape index (κ1) is 30.0. The fourth-order valence-electron chi connectivity index (χ4n) is 5.06. The molecule has 0 spiro atoms. The maximum absolute atomic E-state index is 2.53. The van der Waals surface area contributed by atoms with Crippen LogP contribution in [-0.4, -0.2) is 0 Å². The molecule has 0 amide bonds. The van der Waals surface area contributed by atoms with Crippen molar-refractivity contribution in [2.45, 2.75) is 78.6 Å². The van der Waals surface area contributed by atoms with Crippen LogP contribution in [0.15, 0.2) is 103 Å². The van der Waals surface area contributed by atoms with Gasteiger partial charge in [0.15, 0.2) is 0 Å². The maximum Gasteiger partial charge on any atom is 0.00331 e. The van der Waals surface area contributed by atoms with Crippen LogP contribution >= 0.6 is 22.4 Å². The summed E-state index contributed by atoms with van der Waals surface area (Å²) in [5.41, 5.74) is 4.70. The van der Waals surface area contributed by atoms with Crippen LogP contribution in [0.3, 0.4) is 0 Å². The minimum atomic E-state index is -1.92. The Hall–Kier alpha value is -1.96. The molecule has 204 valence electrons. The molecule has 1 unspecified atom stereocenters. The largest absolute Gasteiger partial charge is 0.0651 e. The van der Waals surface area contributed by atoms with Gasteiger partial charge in [-0.15, -0.1) is 0 Å². The summed E-state index contributed by atoms with van der Waals surface area (Å²) in [5.74, 6) is 0. The van der Waals surface area contributed by atoms with Crippen LogP contribution in [0.25, 0.3) is 0 Å². The van der Waals surface area contributed by atoms with Crippen molar-refractivity contribution < 1.29 is 0 Å². The summed E-state index contributed by atoms with van der Waals surface area (Å²) in [6.45, 7) is 19.4. The summed E-state index contributed by atoms with van der Waals surface area (Å²) < 4.78 is 0. The first-order chi connectivity index (χ1) is 18.2. The van der Waals surface area contributed by atoms with Crippen molar-refractivity contribution in [1.29, 1.82) is 0 Å². The van der Waals surface area contributed by atoms with E-state index in [2.05, 4.69) is 165 Å². The van der Waals surface area contributed by atoms with Gasteiger partial charge in [0.1, 0.15) is 0 Å². The molecule has 0 aliphatic heterocycles. The number of hydrogen-bond acceptors (Lipinski definition) is 0. The van der Waals surface area contributed by atoms with E-state index in [1.54, 1.807) is 5.30 Å². The molecule has 0 radical (unpaired) electrons. The molecule has 0 nitrogen and oxygen atoms in total. The standard InChI is InChI=1S/C36H45P3/c1-34(2,3)27-25-31(35(4,5)6)33(32(26-27)36(7,8)9)37-38-39(28-19-13-10-14-20-28,29-21-15-11-16-22-29)30-23-17-12-18-24-30/h10-26,37H,1-9H3. The van der Waals surface area contributed by atoms with E-state index in [1.807, 2.05) is 0 Å².